The molecule has 1 aromatic rings. The number of carbonyl (C=O) groups is 3. The number of methoxy groups -OCH3 is 1. The van der Waals surface area contributed by atoms with Crippen LogP contribution in [0.5, 0.6) is 11.5 Å². The van der Waals surface area contributed by atoms with Gasteiger partial charge in [0.15, 0.2) is 23.0 Å². The van der Waals surface area contributed by atoms with Gasteiger partial charge >= 0.3 is 5.97 Å². The van der Waals surface area contributed by atoms with Crippen LogP contribution < -0.4 is 25.4 Å². The summed E-state index contributed by atoms with van der Waals surface area (Å²) < 4.78 is 17.0. The van der Waals surface area contributed by atoms with Crippen LogP contribution >= 0.6 is 32.2 Å². The fourth-order valence-electron chi connectivity index (χ4n) is 7.81. The smallest absolute Gasteiger partial charge is 0.321 e. The van der Waals surface area contributed by atoms with Crippen LogP contribution in [0.3, 0.4) is 0 Å². The summed E-state index contributed by atoms with van der Waals surface area (Å²) in [6.45, 7) is 6.41. The Balaban J connectivity index is 1.29. The van der Waals surface area contributed by atoms with Crippen molar-refractivity contribution in [2.45, 2.75) is 103 Å². The fraction of sp³-hybridized carbons (Fsp3) is 0.710. The molecule has 0 heterocycles. The molecule has 4 fully saturated rings. The molecule has 0 radical (unpaired) electrons. The van der Waals surface area contributed by atoms with Crippen molar-refractivity contribution in [1.82, 2.24) is 10.6 Å². The SMILES string of the molecule is COc1cc(P)c(O[C@H]2CC[C@@](C)(C(=O)OI)CC2)cc1C(=O)N[C@@H]1[C@H]2CC[C@H](C2)[C@@H]1C(=O)N[C@@H]1CCCC1(C)C. The number of ether oxygens (including phenoxy) is 2. The summed E-state index contributed by atoms with van der Waals surface area (Å²) >= 11 is 1.65. The molecule has 41 heavy (non-hydrogen) atoms. The second kappa shape index (κ2) is 12.2. The Morgan fingerprint density at radius 2 is 1.66 bits per heavy atom. The van der Waals surface area contributed by atoms with Crippen LogP contribution in [0.1, 0.15) is 95.3 Å². The molecule has 0 saturated heterocycles. The number of fused-ring (bicyclic) bond motifs is 2. The molecule has 0 aliphatic heterocycles. The normalized spacial score (nSPS) is 33.7. The summed E-state index contributed by atoms with van der Waals surface area (Å²) in [6, 6.07) is 3.56. The van der Waals surface area contributed by atoms with Gasteiger partial charge in [0.1, 0.15) is 11.5 Å². The van der Waals surface area contributed by atoms with Gasteiger partial charge in [-0.1, -0.05) is 20.3 Å². The second-order valence-corrected chi connectivity index (χ2v) is 14.7. The molecule has 4 aliphatic carbocycles. The van der Waals surface area contributed by atoms with Crippen molar-refractivity contribution in [3.63, 3.8) is 0 Å². The highest BCUT2D eigenvalue weighted by atomic mass is 127. The van der Waals surface area contributed by atoms with E-state index in [1.165, 1.54) is 0 Å². The molecule has 0 spiro atoms. The lowest BCUT2D eigenvalue weighted by Gasteiger charge is -2.35. The maximum atomic E-state index is 13.8. The minimum Gasteiger partial charge on any atom is -0.496 e. The summed E-state index contributed by atoms with van der Waals surface area (Å²) in [7, 11) is 4.23. The highest BCUT2D eigenvalue weighted by Gasteiger charge is 2.52. The second-order valence-electron chi connectivity index (χ2n) is 13.6. The standard InChI is InChI=1S/C31H44IN2O6P/c1-30(2)11-5-6-24(30)33-28(36)25-17-7-8-18(14-17)26(25)34-27(35)20-15-22(23(41)16-21(20)38-4)39-19-9-12-31(3,13-10-19)29(37)40-32/h15-19,24-26H,5-14,41H2,1-4H3,(H,33,36)(H,34,35)/t17-,18+,19-,24-,25+,26-,31+/m1/s1. The number of halogens is 1. The van der Waals surface area contributed by atoms with Crippen molar-refractivity contribution >= 4 is 55.3 Å². The summed E-state index contributed by atoms with van der Waals surface area (Å²) in [5.41, 5.74) is 0.0139. The van der Waals surface area contributed by atoms with E-state index >= 15 is 0 Å². The van der Waals surface area contributed by atoms with Crippen LogP contribution in [-0.2, 0) is 12.7 Å². The van der Waals surface area contributed by atoms with E-state index in [1.807, 2.05) is 13.0 Å². The summed E-state index contributed by atoms with van der Waals surface area (Å²) in [5, 5.41) is 7.44. The van der Waals surface area contributed by atoms with Crippen LogP contribution in [0.2, 0.25) is 0 Å². The first-order chi connectivity index (χ1) is 19.5. The molecule has 8 nitrogen and oxygen atoms in total. The minimum absolute atomic E-state index is 0.0628. The average molecular weight is 699 g/mol. The number of nitrogens with one attached hydrogen (secondary N) is 2. The number of hydrogen-bond donors (Lipinski definition) is 2. The topological polar surface area (TPSA) is 103 Å². The molecule has 0 aromatic heterocycles. The molecule has 2 bridgehead atoms. The van der Waals surface area contributed by atoms with Crippen LogP contribution in [0, 0.1) is 28.6 Å². The van der Waals surface area contributed by atoms with Crippen molar-refractivity contribution in [2.24, 2.45) is 28.6 Å². The van der Waals surface area contributed by atoms with E-state index in [0.29, 0.717) is 41.7 Å². The van der Waals surface area contributed by atoms with Crippen molar-refractivity contribution in [2.75, 3.05) is 7.11 Å². The highest BCUT2D eigenvalue weighted by molar-refractivity contribution is 14.1. The predicted octanol–water partition coefficient (Wildman–Crippen LogP) is 5.26. The number of benzene rings is 1. The minimum atomic E-state index is -0.493. The third-order valence-corrected chi connectivity index (χ3v) is 11.4. The molecule has 1 aromatic carbocycles. The number of hydrogen-bond acceptors (Lipinski definition) is 6. The Morgan fingerprint density at radius 1 is 0.951 bits per heavy atom. The third kappa shape index (κ3) is 6.22. The predicted molar refractivity (Wildman–Crippen MR) is 169 cm³/mol. The van der Waals surface area contributed by atoms with Gasteiger partial charge in [0, 0.05) is 17.4 Å². The summed E-state index contributed by atoms with van der Waals surface area (Å²) in [5.74, 6) is 1.16. The first-order valence-corrected chi connectivity index (χ1v) is 16.5. The largest absolute Gasteiger partial charge is 0.496 e. The molecule has 5 rings (SSSR count). The zero-order valence-electron chi connectivity index (χ0n) is 24.6. The Hall–Kier alpha value is -1.61. The van der Waals surface area contributed by atoms with E-state index in [1.54, 1.807) is 36.2 Å². The average Bonchev–Trinajstić information content (AvgIpc) is 3.65. The lowest BCUT2D eigenvalue weighted by Crippen LogP contribution is -2.53. The van der Waals surface area contributed by atoms with Gasteiger partial charge in [-0.2, -0.15) is 0 Å². The van der Waals surface area contributed by atoms with E-state index in [-0.39, 0.29) is 47.3 Å². The molecule has 6 atom stereocenters. The zero-order valence-corrected chi connectivity index (χ0v) is 27.9. The van der Waals surface area contributed by atoms with Gasteiger partial charge < -0.3 is 23.2 Å². The molecule has 4 saturated carbocycles. The maximum absolute atomic E-state index is 13.8. The van der Waals surface area contributed by atoms with Crippen LogP contribution in [-0.4, -0.2) is 43.1 Å². The molecule has 2 N–H and O–H groups in total. The Bertz CT molecular complexity index is 1180. The zero-order chi connectivity index (χ0) is 29.5. The lowest BCUT2D eigenvalue weighted by atomic mass is 9.75. The van der Waals surface area contributed by atoms with Gasteiger partial charge in [-0.3, -0.25) is 14.4 Å². The van der Waals surface area contributed by atoms with Crippen molar-refractivity contribution < 1.29 is 26.9 Å². The van der Waals surface area contributed by atoms with Gasteiger partial charge in [-0.25, -0.2) is 0 Å². The molecule has 1 unspecified atom stereocenters. The molecule has 4 aliphatic rings. The van der Waals surface area contributed by atoms with Gasteiger partial charge in [0.05, 0.1) is 30.1 Å². The third-order valence-electron chi connectivity index (χ3n) is 10.6. The van der Waals surface area contributed by atoms with Crippen molar-refractivity contribution in [3.05, 3.63) is 17.7 Å². The van der Waals surface area contributed by atoms with Gasteiger partial charge in [0.25, 0.3) is 5.91 Å². The number of amides is 2. The molecule has 2 amide bonds. The van der Waals surface area contributed by atoms with Crippen molar-refractivity contribution in [3.8, 4) is 11.5 Å². The Morgan fingerprint density at radius 3 is 2.29 bits per heavy atom. The van der Waals surface area contributed by atoms with E-state index < -0.39 is 5.41 Å². The van der Waals surface area contributed by atoms with Gasteiger partial charge in [-0.05, 0) is 94.1 Å². The fourth-order valence-corrected chi connectivity index (χ4v) is 8.65. The summed E-state index contributed by atoms with van der Waals surface area (Å²) in [4.78, 5) is 39.6. The Kier molecular flexibility index (Phi) is 9.16. The summed E-state index contributed by atoms with van der Waals surface area (Å²) in [6.07, 6.45) is 9.08. The lowest BCUT2D eigenvalue weighted by molar-refractivity contribution is -0.144. The number of carbonyl (C=O) groups excluding carboxylic acids is 3. The van der Waals surface area contributed by atoms with E-state index in [9.17, 15) is 14.4 Å². The van der Waals surface area contributed by atoms with Gasteiger partial charge in [-0.15, -0.1) is 9.24 Å². The number of rotatable bonds is 8. The molecule has 10 heteroatoms. The highest BCUT2D eigenvalue weighted by Crippen LogP contribution is 2.49. The van der Waals surface area contributed by atoms with E-state index in [4.69, 9.17) is 12.5 Å². The van der Waals surface area contributed by atoms with Crippen LogP contribution in [0.4, 0.5) is 0 Å². The molecular weight excluding hydrogens is 654 g/mol. The quantitative estimate of drug-likeness (QED) is 0.284. The van der Waals surface area contributed by atoms with E-state index in [2.05, 4.69) is 33.7 Å². The molecular formula is C31H44IN2O6P. The van der Waals surface area contributed by atoms with Crippen molar-refractivity contribution in [1.29, 1.82) is 0 Å². The monoisotopic (exact) mass is 698 g/mol. The van der Waals surface area contributed by atoms with Crippen LogP contribution in [0.15, 0.2) is 12.1 Å². The molecule has 226 valence electrons. The first kappa shape index (κ1) is 30.8. The Labute approximate surface area is 260 Å². The van der Waals surface area contributed by atoms with E-state index in [0.717, 1.165) is 56.7 Å². The van der Waals surface area contributed by atoms with Crippen LogP contribution in [0.25, 0.3) is 0 Å². The first-order valence-electron chi connectivity index (χ1n) is 15.0. The maximum Gasteiger partial charge on any atom is 0.321 e. The van der Waals surface area contributed by atoms with Gasteiger partial charge in [0.2, 0.25) is 5.91 Å².